The number of anilines is 3. The van der Waals surface area contributed by atoms with Crippen molar-refractivity contribution in [2.75, 3.05) is 4.90 Å². The van der Waals surface area contributed by atoms with Gasteiger partial charge in [0.15, 0.2) is 8.07 Å². The summed E-state index contributed by atoms with van der Waals surface area (Å²) in [6.45, 7) is 2.14. The summed E-state index contributed by atoms with van der Waals surface area (Å²) >= 11 is 0. The molecule has 49 heavy (non-hydrogen) atoms. The Balaban J connectivity index is 1.19. The van der Waals surface area contributed by atoms with E-state index in [1.165, 1.54) is 48.2 Å². The Labute approximate surface area is 290 Å². The first-order valence-electron chi connectivity index (χ1n) is 16.9. The highest BCUT2D eigenvalue weighted by Crippen LogP contribution is 2.37. The van der Waals surface area contributed by atoms with E-state index in [2.05, 4.69) is 218 Å². The Kier molecular flexibility index (Phi) is 8.23. The van der Waals surface area contributed by atoms with E-state index in [9.17, 15) is 0 Å². The Morgan fingerprint density at radius 2 is 0.714 bits per heavy atom. The second kappa shape index (κ2) is 13.3. The first-order valence-corrected chi connectivity index (χ1v) is 18.9. The molecule has 0 aliphatic rings. The van der Waals surface area contributed by atoms with Gasteiger partial charge in [-0.25, -0.2) is 0 Å². The van der Waals surface area contributed by atoms with Crippen LogP contribution >= 0.6 is 0 Å². The van der Waals surface area contributed by atoms with Crippen LogP contribution in [-0.2, 0) is 0 Å². The van der Waals surface area contributed by atoms with Gasteiger partial charge in [-0.2, -0.15) is 0 Å². The van der Waals surface area contributed by atoms with Crippen LogP contribution in [0, 0.1) is 6.92 Å². The fourth-order valence-corrected chi connectivity index (χ4v) is 12.0. The molecule has 0 N–H and O–H groups in total. The summed E-state index contributed by atoms with van der Waals surface area (Å²) in [5.74, 6) is 0. The normalized spacial score (nSPS) is 11.4. The molecule has 0 heterocycles. The Morgan fingerprint density at radius 1 is 0.327 bits per heavy atom. The van der Waals surface area contributed by atoms with Crippen LogP contribution in [0.15, 0.2) is 206 Å². The van der Waals surface area contributed by atoms with Crippen LogP contribution < -0.4 is 25.6 Å². The van der Waals surface area contributed by atoms with E-state index in [4.69, 9.17) is 0 Å². The summed E-state index contributed by atoms with van der Waals surface area (Å²) in [5.41, 5.74) is 7.07. The van der Waals surface area contributed by atoms with Crippen molar-refractivity contribution < 1.29 is 0 Å². The van der Waals surface area contributed by atoms with Gasteiger partial charge in [-0.05, 0) is 86.0 Å². The van der Waals surface area contributed by atoms with Crippen molar-refractivity contribution in [3.05, 3.63) is 212 Å². The van der Waals surface area contributed by atoms with Crippen LogP contribution in [0.5, 0.6) is 0 Å². The van der Waals surface area contributed by atoms with Crippen molar-refractivity contribution in [2.45, 2.75) is 6.92 Å². The predicted octanol–water partition coefficient (Wildman–Crippen LogP) is 9.66. The first kappa shape index (κ1) is 30.4. The summed E-state index contributed by atoms with van der Waals surface area (Å²) in [6.07, 6.45) is 0. The maximum atomic E-state index is 2.37. The third-order valence-electron chi connectivity index (χ3n) is 9.68. The van der Waals surface area contributed by atoms with Crippen molar-refractivity contribution in [2.24, 2.45) is 0 Å². The fraction of sp³-hybridized carbons (Fsp3) is 0.0213. The maximum absolute atomic E-state index is 2.55. The van der Waals surface area contributed by atoms with Crippen LogP contribution in [0.4, 0.5) is 17.1 Å². The zero-order valence-corrected chi connectivity index (χ0v) is 28.6. The predicted molar refractivity (Wildman–Crippen MR) is 212 cm³/mol. The van der Waals surface area contributed by atoms with Crippen molar-refractivity contribution in [1.82, 2.24) is 0 Å². The van der Waals surface area contributed by atoms with Crippen LogP contribution in [0.2, 0.25) is 0 Å². The van der Waals surface area contributed by atoms with Gasteiger partial charge in [0.25, 0.3) is 0 Å². The third-order valence-corrected chi connectivity index (χ3v) is 14.5. The molecule has 0 spiro atoms. The number of aryl methyl sites for hydroxylation is 1. The molecule has 0 aliphatic carbocycles. The van der Waals surface area contributed by atoms with Crippen molar-refractivity contribution in [3.8, 4) is 11.1 Å². The lowest BCUT2D eigenvalue weighted by Gasteiger charge is -2.34. The molecule has 2 heteroatoms. The third kappa shape index (κ3) is 5.77. The van der Waals surface area contributed by atoms with E-state index in [1.54, 1.807) is 0 Å². The van der Waals surface area contributed by atoms with Gasteiger partial charge in [0.1, 0.15) is 0 Å². The topological polar surface area (TPSA) is 3.24 Å². The smallest absolute Gasteiger partial charge is 0.179 e. The highest BCUT2D eigenvalue weighted by molar-refractivity contribution is 7.19. The summed E-state index contributed by atoms with van der Waals surface area (Å²) < 4.78 is 0. The Hall–Kier alpha value is -5.96. The van der Waals surface area contributed by atoms with Crippen LogP contribution in [0.3, 0.4) is 0 Å². The SMILES string of the molecule is Cc1ccc(N(c2ccc(-c3ccc([Si](c4ccccc4)(c4ccccc4)c4ccccc4)cc3)cc2)c2ccc3ccccc3c2)cc1. The number of nitrogens with zero attached hydrogens (tertiary/aromatic N) is 1. The average Bonchev–Trinajstić information content (AvgIpc) is 3.18. The molecule has 8 aromatic rings. The molecule has 0 radical (unpaired) electrons. The fourth-order valence-electron chi connectivity index (χ4n) is 7.24. The van der Waals surface area contributed by atoms with E-state index in [0.29, 0.717) is 0 Å². The molecule has 0 atom stereocenters. The van der Waals surface area contributed by atoms with Gasteiger partial charge in [0.05, 0.1) is 0 Å². The molecule has 0 unspecified atom stereocenters. The lowest BCUT2D eigenvalue weighted by Crippen LogP contribution is -2.74. The number of benzene rings is 8. The molecule has 8 aromatic carbocycles. The number of fused-ring (bicyclic) bond motifs is 1. The van der Waals surface area contributed by atoms with Crippen molar-refractivity contribution in [1.29, 1.82) is 0 Å². The average molecular weight is 644 g/mol. The monoisotopic (exact) mass is 643 g/mol. The molecule has 0 saturated heterocycles. The highest BCUT2D eigenvalue weighted by atomic mass is 28.3. The molecular formula is C47H37NSi. The standard InChI is InChI=1S/C47H37NSi/c1-36-21-28-41(29-22-36)48(43-32-25-37-13-11-12-14-40(37)35-43)42-30-23-38(24-31-42)39-26-33-47(34-27-39)49(44-15-5-2-6-16-44,45-17-7-3-8-18-45)46-19-9-4-10-20-46/h2-35H,1H3. The molecule has 234 valence electrons. The summed E-state index contributed by atoms with van der Waals surface area (Å²) in [6, 6.07) is 75.7. The zero-order valence-electron chi connectivity index (χ0n) is 27.6. The first-order chi connectivity index (χ1) is 24.2. The van der Waals surface area contributed by atoms with Gasteiger partial charge < -0.3 is 4.90 Å². The van der Waals surface area contributed by atoms with Crippen molar-refractivity contribution >= 4 is 56.7 Å². The second-order valence-electron chi connectivity index (χ2n) is 12.7. The molecule has 1 nitrogen and oxygen atoms in total. The number of hydrogen-bond acceptors (Lipinski definition) is 1. The van der Waals surface area contributed by atoms with Crippen LogP contribution in [0.1, 0.15) is 5.56 Å². The van der Waals surface area contributed by atoms with E-state index in [0.717, 1.165) is 17.1 Å². The molecule has 8 rings (SSSR count). The number of rotatable bonds is 8. The Bertz CT molecular complexity index is 2200. The molecule has 0 aliphatic heterocycles. The van der Waals surface area contributed by atoms with Gasteiger partial charge >= 0.3 is 0 Å². The lowest BCUT2D eigenvalue weighted by atomic mass is 10.0. The maximum Gasteiger partial charge on any atom is 0.179 e. The molecule has 0 fully saturated rings. The molecule has 0 aromatic heterocycles. The van der Waals surface area contributed by atoms with Gasteiger partial charge in [0, 0.05) is 17.1 Å². The van der Waals surface area contributed by atoms with Gasteiger partial charge in [-0.3, -0.25) is 0 Å². The molecule has 0 amide bonds. The van der Waals surface area contributed by atoms with Crippen LogP contribution in [0.25, 0.3) is 21.9 Å². The largest absolute Gasteiger partial charge is 0.310 e. The summed E-state index contributed by atoms with van der Waals surface area (Å²) in [4.78, 5) is 2.35. The molecule has 0 bridgehead atoms. The highest BCUT2D eigenvalue weighted by Gasteiger charge is 2.41. The number of hydrogen-bond donors (Lipinski definition) is 0. The van der Waals surface area contributed by atoms with E-state index < -0.39 is 8.07 Å². The van der Waals surface area contributed by atoms with E-state index >= 15 is 0 Å². The summed E-state index contributed by atoms with van der Waals surface area (Å²) in [7, 11) is -2.55. The zero-order chi connectivity index (χ0) is 33.0. The van der Waals surface area contributed by atoms with Crippen LogP contribution in [-0.4, -0.2) is 8.07 Å². The van der Waals surface area contributed by atoms with E-state index in [1.807, 2.05) is 0 Å². The Morgan fingerprint density at radius 3 is 1.22 bits per heavy atom. The molecule has 0 saturated carbocycles. The van der Waals surface area contributed by atoms with Crippen molar-refractivity contribution in [3.63, 3.8) is 0 Å². The summed E-state index contributed by atoms with van der Waals surface area (Å²) in [5, 5.41) is 8.00. The lowest BCUT2D eigenvalue weighted by molar-refractivity contribution is 1.28. The quantitative estimate of drug-likeness (QED) is 0.118. The van der Waals surface area contributed by atoms with Gasteiger partial charge in [-0.1, -0.05) is 175 Å². The minimum Gasteiger partial charge on any atom is -0.310 e. The van der Waals surface area contributed by atoms with E-state index in [-0.39, 0.29) is 0 Å². The minimum absolute atomic E-state index is 1.13. The van der Waals surface area contributed by atoms with Gasteiger partial charge in [-0.15, -0.1) is 0 Å². The van der Waals surface area contributed by atoms with Gasteiger partial charge in [0.2, 0.25) is 0 Å². The molecular weight excluding hydrogens is 607 g/mol. The second-order valence-corrected chi connectivity index (χ2v) is 16.5. The minimum atomic E-state index is -2.55.